The van der Waals surface area contributed by atoms with Crippen molar-refractivity contribution in [3.8, 4) is 0 Å². The van der Waals surface area contributed by atoms with Gasteiger partial charge in [-0.15, -0.1) is 0 Å². The fourth-order valence-electron chi connectivity index (χ4n) is 1.00. The first-order chi connectivity index (χ1) is 7.45. The molecule has 1 rings (SSSR count). The van der Waals surface area contributed by atoms with Crippen molar-refractivity contribution < 1.29 is 13.6 Å². The molecule has 88 valence electrons. The van der Waals surface area contributed by atoms with E-state index in [1.54, 1.807) is 29.5 Å². The number of rotatable bonds is 3. The van der Waals surface area contributed by atoms with Crippen LogP contribution in [-0.2, 0) is 4.79 Å². The van der Waals surface area contributed by atoms with Crippen molar-refractivity contribution in [2.24, 2.45) is 11.7 Å². The lowest BCUT2D eigenvalue weighted by Gasteiger charge is -2.10. The molecule has 16 heavy (non-hydrogen) atoms. The Morgan fingerprint density at radius 2 is 2.00 bits per heavy atom. The zero-order chi connectivity index (χ0) is 12.3. The predicted molar refractivity (Wildman–Crippen MR) is 65.9 cm³/mol. The molecule has 0 saturated carbocycles. The maximum Gasteiger partial charge on any atom is 0.228 e. The largest absolute Gasteiger partial charge is 0.330 e. The Bertz CT molecular complexity index is 389. The topological polar surface area (TPSA) is 55.1 Å². The number of nitrogens with one attached hydrogen (secondary N) is 1. The summed E-state index contributed by atoms with van der Waals surface area (Å²) in [6.45, 7) is 1.82. The number of halogens is 3. The molecule has 0 aliphatic rings. The summed E-state index contributed by atoms with van der Waals surface area (Å²) in [5.41, 5.74) is 5.40. The van der Waals surface area contributed by atoms with Crippen molar-refractivity contribution in [2.45, 2.75) is 6.92 Å². The Morgan fingerprint density at radius 3 is 2.44 bits per heavy atom. The van der Waals surface area contributed by atoms with Crippen molar-refractivity contribution in [3.63, 3.8) is 0 Å². The standard InChI is InChI=1S/C10H11F2IN2O/c1-5(4-14)10(16)15-6-2-7(11)9(13)8(12)3-6/h2-3,5H,4,14H2,1H3,(H,15,16). The zero-order valence-corrected chi connectivity index (χ0v) is 10.7. The number of amides is 1. The van der Waals surface area contributed by atoms with Crippen LogP contribution in [0.15, 0.2) is 12.1 Å². The fraction of sp³-hybridized carbons (Fsp3) is 0.300. The normalized spacial score (nSPS) is 12.3. The minimum Gasteiger partial charge on any atom is -0.330 e. The quantitative estimate of drug-likeness (QED) is 0.654. The summed E-state index contributed by atoms with van der Waals surface area (Å²) in [6.07, 6.45) is 0. The molecule has 3 nitrogen and oxygen atoms in total. The van der Waals surface area contributed by atoms with Gasteiger partial charge in [-0.3, -0.25) is 4.79 Å². The first-order valence-corrected chi connectivity index (χ1v) is 5.69. The molecule has 1 aromatic rings. The molecule has 1 amide bonds. The molecule has 6 heteroatoms. The highest BCUT2D eigenvalue weighted by Crippen LogP contribution is 2.20. The van der Waals surface area contributed by atoms with Gasteiger partial charge in [-0.25, -0.2) is 8.78 Å². The lowest BCUT2D eigenvalue weighted by Crippen LogP contribution is -2.26. The van der Waals surface area contributed by atoms with E-state index in [1.807, 2.05) is 0 Å². The second-order valence-electron chi connectivity index (χ2n) is 3.38. The number of nitrogens with two attached hydrogens (primary N) is 1. The van der Waals surface area contributed by atoms with Crippen LogP contribution in [0, 0.1) is 21.1 Å². The van der Waals surface area contributed by atoms with Crippen LogP contribution in [0.3, 0.4) is 0 Å². The zero-order valence-electron chi connectivity index (χ0n) is 8.56. The smallest absolute Gasteiger partial charge is 0.228 e. The third kappa shape index (κ3) is 3.11. The summed E-state index contributed by atoms with van der Waals surface area (Å²) in [5, 5.41) is 2.40. The van der Waals surface area contributed by atoms with Gasteiger partial charge in [0.15, 0.2) is 0 Å². The molecular formula is C10H11F2IN2O. The summed E-state index contributed by atoms with van der Waals surface area (Å²) in [7, 11) is 0. The van der Waals surface area contributed by atoms with Crippen LogP contribution in [0.25, 0.3) is 0 Å². The van der Waals surface area contributed by atoms with Crippen molar-refractivity contribution in [2.75, 3.05) is 11.9 Å². The van der Waals surface area contributed by atoms with Gasteiger partial charge in [0.25, 0.3) is 0 Å². The summed E-state index contributed by atoms with van der Waals surface area (Å²) < 4.78 is 26.2. The minimum atomic E-state index is -0.698. The van der Waals surface area contributed by atoms with Crippen LogP contribution in [0.2, 0.25) is 0 Å². The monoisotopic (exact) mass is 340 g/mol. The van der Waals surface area contributed by atoms with Gasteiger partial charge in [-0.2, -0.15) is 0 Å². The van der Waals surface area contributed by atoms with E-state index in [-0.39, 0.29) is 21.7 Å². The molecule has 0 fully saturated rings. The number of hydrogen-bond donors (Lipinski definition) is 2. The Labute approximate surface area is 106 Å². The predicted octanol–water partition coefficient (Wildman–Crippen LogP) is 2.10. The Morgan fingerprint density at radius 1 is 1.50 bits per heavy atom. The van der Waals surface area contributed by atoms with Crippen molar-refractivity contribution in [3.05, 3.63) is 27.3 Å². The van der Waals surface area contributed by atoms with Crippen LogP contribution in [-0.4, -0.2) is 12.5 Å². The number of hydrogen-bond acceptors (Lipinski definition) is 2. The van der Waals surface area contributed by atoms with E-state index in [0.717, 1.165) is 12.1 Å². The molecule has 0 spiro atoms. The molecular weight excluding hydrogens is 329 g/mol. The number of carbonyl (C=O) groups excluding carboxylic acids is 1. The van der Waals surface area contributed by atoms with E-state index in [4.69, 9.17) is 5.73 Å². The molecule has 1 unspecified atom stereocenters. The van der Waals surface area contributed by atoms with E-state index in [2.05, 4.69) is 5.32 Å². The molecule has 0 radical (unpaired) electrons. The van der Waals surface area contributed by atoms with Gasteiger partial charge in [0.1, 0.15) is 11.6 Å². The van der Waals surface area contributed by atoms with E-state index in [0.29, 0.717) is 0 Å². The van der Waals surface area contributed by atoms with Crippen molar-refractivity contribution in [1.82, 2.24) is 0 Å². The van der Waals surface area contributed by atoms with Crippen LogP contribution in [0.5, 0.6) is 0 Å². The molecule has 0 aliphatic carbocycles. The van der Waals surface area contributed by atoms with Gasteiger partial charge in [0.2, 0.25) is 5.91 Å². The first-order valence-electron chi connectivity index (χ1n) is 4.61. The molecule has 3 N–H and O–H groups in total. The molecule has 0 aliphatic heterocycles. The van der Waals surface area contributed by atoms with E-state index in [1.165, 1.54) is 0 Å². The molecule has 0 heterocycles. The van der Waals surface area contributed by atoms with Crippen LogP contribution in [0.1, 0.15) is 6.92 Å². The summed E-state index contributed by atoms with van der Waals surface area (Å²) >= 11 is 1.56. The van der Waals surface area contributed by atoms with Gasteiger partial charge >= 0.3 is 0 Å². The molecule has 1 aromatic carbocycles. The van der Waals surface area contributed by atoms with Gasteiger partial charge in [0, 0.05) is 18.2 Å². The molecule has 0 saturated heterocycles. The maximum atomic E-state index is 13.1. The Balaban J connectivity index is 2.87. The average Bonchev–Trinajstić information content (AvgIpc) is 2.24. The van der Waals surface area contributed by atoms with E-state index in [9.17, 15) is 13.6 Å². The average molecular weight is 340 g/mol. The number of anilines is 1. The van der Waals surface area contributed by atoms with Gasteiger partial charge in [-0.1, -0.05) is 6.92 Å². The molecule has 1 atom stereocenters. The van der Waals surface area contributed by atoms with E-state index < -0.39 is 17.6 Å². The van der Waals surface area contributed by atoms with Gasteiger partial charge in [-0.05, 0) is 34.7 Å². The highest BCUT2D eigenvalue weighted by molar-refractivity contribution is 14.1. The summed E-state index contributed by atoms with van der Waals surface area (Å²) in [4.78, 5) is 11.4. The van der Waals surface area contributed by atoms with Crippen molar-refractivity contribution in [1.29, 1.82) is 0 Å². The maximum absolute atomic E-state index is 13.1. The molecule has 0 bridgehead atoms. The highest BCUT2D eigenvalue weighted by Gasteiger charge is 2.13. The SMILES string of the molecule is CC(CN)C(=O)Nc1cc(F)c(I)c(F)c1. The lowest BCUT2D eigenvalue weighted by atomic mass is 10.1. The number of carbonyl (C=O) groups is 1. The van der Waals surface area contributed by atoms with Crippen LogP contribution >= 0.6 is 22.6 Å². The van der Waals surface area contributed by atoms with Crippen LogP contribution in [0.4, 0.5) is 14.5 Å². The van der Waals surface area contributed by atoms with Crippen LogP contribution < -0.4 is 11.1 Å². The minimum absolute atomic E-state index is 0.0949. The summed E-state index contributed by atoms with van der Waals surface area (Å²) in [6, 6.07) is 2.15. The molecule has 0 aromatic heterocycles. The van der Waals surface area contributed by atoms with E-state index >= 15 is 0 Å². The lowest BCUT2D eigenvalue weighted by molar-refractivity contribution is -0.119. The first kappa shape index (κ1) is 13.3. The second kappa shape index (κ2) is 5.53. The second-order valence-corrected chi connectivity index (χ2v) is 4.46. The number of benzene rings is 1. The Kier molecular flexibility index (Phi) is 4.60. The fourth-order valence-corrected chi connectivity index (χ4v) is 1.31. The summed E-state index contributed by atoms with van der Waals surface area (Å²) in [5.74, 6) is -2.15. The van der Waals surface area contributed by atoms with Gasteiger partial charge < -0.3 is 11.1 Å². The highest BCUT2D eigenvalue weighted by atomic mass is 127. The third-order valence-electron chi connectivity index (χ3n) is 2.05. The van der Waals surface area contributed by atoms with Gasteiger partial charge in [0.05, 0.1) is 3.57 Å². The third-order valence-corrected chi connectivity index (χ3v) is 3.08. The van der Waals surface area contributed by atoms with Crippen molar-refractivity contribution >= 4 is 34.2 Å². The Hall–Kier alpha value is -0.760.